The Labute approximate surface area is 105 Å². The first kappa shape index (κ1) is 14.6. The molecule has 0 aromatic carbocycles. The molecule has 6 heteroatoms. The Hall–Kier alpha value is -1.46. The number of pyridine rings is 1. The van der Waals surface area contributed by atoms with E-state index in [4.69, 9.17) is 5.73 Å². The lowest BCUT2D eigenvalue weighted by Crippen LogP contribution is -2.17. The minimum atomic E-state index is -4.40. The predicted octanol–water partition coefficient (Wildman–Crippen LogP) is 3.67. The second-order valence-corrected chi connectivity index (χ2v) is 4.35. The van der Waals surface area contributed by atoms with E-state index in [1.54, 1.807) is 0 Å². The molecule has 0 fully saturated rings. The van der Waals surface area contributed by atoms with Crippen molar-refractivity contribution >= 4 is 11.6 Å². The van der Waals surface area contributed by atoms with E-state index >= 15 is 0 Å². The molecule has 0 spiro atoms. The molecule has 1 aromatic heterocycles. The highest BCUT2D eigenvalue weighted by atomic mass is 19.4. The van der Waals surface area contributed by atoms with E-state index in [1.165, 1.54) is 0 Å². The van der Waals surface area contributed by atoms with Crippen molar-refractivity contribution in [3.63, 3.8) is 0 Å². The number of unbranched alkanes of at least 4 members (excludes halogenated alkanes) is 1. The van der Waals surface area contributed by atoms with E-state index in [1.807, 2.05) is 6.92 Å². The molecule has 0 aliphatic rings. The lowest BCUT2D eigenvalue weighted by atomic mass is 10.1. The van der Waals surface area contributed by atoms with E-state index in [0.29, 0.717) is 0 Å². The van der Waals surface area contributed by atoms with Crippen LogP contribution in [0.3, 0.4) is 0 Å². The number of halogens is 3. The third kappa shape index (κ3) is 4.43. The minimum Gasteiger partial charge on any atom is -0.384 e. The summed E-state index contributed by atoms with van der Waals surface area (Å²) in [5.74, 6) is 0.0425. The summed E-state index contributed by atoms with van der Waals surface area (Å²) in [5, 5.41) is 2.94. The number of hydrogen-bond donors (Lipinski definition) is 2. The van der Waals surface area contributed by atoms with Gasteiger partial charge in [-0.1, -0.05) is 19.8 Å². The van der Waals surface area contributed by atoms with Gasteiger partial charge in [0.1, 0.15) is 11.6 Å². The lowest BCUT2D eigenvalue weighted by Gasteiger charge is -2.16. The average Bonchev–Trinajstić information content (AvgIpc) is 2.24. The molecular weight excluding hydrogens is 243 g/mol. The van der Waals surface area contributed by atoms with Crippen LogP contribution in [0.2, 0.25) is 0 Å². The van der Waals surface area contributed by atoms with Crippen molar-refractivity contribution in [2.45, 2.75) is 45.3 Å². The van der Waals surface area contributed by atoms with Crippen molar-refractivity contribution in [3.05, 3.63) is 17.7 Å². The summed E-state index contributed by atoms with van der Waals surface area (Å²) < 4.78 is 37.7. The number of rotatable bonds is 5. The highest BCUT2D eigenvalue weighted by molar-refractivity contribution is 5.47. The molecule has 18 heavy (non-hydrogen) atoms. The number of anilines is 2. The van der Waals surface area contributed by atoms with Crippen LogP contribution in [0.15, 0.2) is 12.1 Å². The lowest BCUT2D eigenvalue weighted by molar-refractivity contribution is -0.137. The van der Waals surface area contributed by atoms with E-state index < -0.39 is 11.7 Å². The van der Waals surface area contributed by atoms with Gasteiger partial charge in [0.05, 0.1) is 5.56 Å². The van der Waals surface area contributed by atoms with Gasteiger partial charge in [-0.3, -0.25) is 0 Å². The van der Waals surface area contributed by atoms with Crippen molar-refractivity contribution in [3.8, 4) is 0 Å². The van der Waals surface area contributed by atoms with Gasteiger partial charge in [-0.25, -0.2) is 4.98 Å². The van der Waals surface area contributed by atoms with Gasteiger partial charge in [0, 0.05) is 6.04 Å². The maximum Gasteiger partial charge on any atom is 0.416 e. The van der Waals surface area contributed by atoms with E-state index in [0.717, 1.165) is 31.4 Å². The molecule has 1 rings (SSSR count). The van der Waals surface area contributed by atoms with Gasteiger partial charge >= 0.3 is 6.18 Å². The number of nitrogens with zero attached hydrogens (tertiary/aromatic N) is 1. The first-order valence-corrected chi connectivity index (χ1v) is 5.94. The van der Waals surface area contributed by atoms with Crippen LogP contribution in [0.4, 0.5) is 24.8 Å². The highest BCUT2D eigenvalue weighted by Crippen LogP contribution is 2.31. The van der Waals surface area contributed by atoms with Gasteiger partial charge in [-0.05, 0) is 25.5 Å². The predicted molar refractivity (Wildman–Crippen MR) is 66.3 cm³/mol. The van der Waals surface area contributed by atoms with E-state index in [2.05, 4.69) is 17.2 Å². The average molecular weight is 261 g/mol. The standard InChI is InChI=1S/C12H18F3N3/c1-3-4-5-8(2)17-11-7-9(12(13,14)15)6-10(16)18-11/h6-8H,3-5H2,1-2H3,(H3,16,17,18). The van der Waals surface area contributed by atoms with Crippen LogP contribution in [0, 0.1) is 0 Å². The summed E-state index contributed by atoms with van der Waals surface area (Å²) >= 11 is 0. The van der Waals surface area contributed by atoms with Crippen LogP contribution in [0.25, 0.3) is 0 Å². The Morgan fingerprint density at radius 2 is 2.06 bits per heavy atom. The van der Waals surface area contributed by atoms with Gasteiger partial charge in [-0.15, -0.1) is 0 Å². The van der Waals surface area contributed by atoms with Gasteiger partial charge in [-0.2, -0.15) is 13.2 Å². The second-order valence-electron chi connectivity index (χ2n) is 4.35. The Morgan fingerprint density at radius 1 is 1.39 bits per heavy atom. The molecule has 1 atom stereocenters. The third-order valence-corrected chi connectivity index (χ3v) is 2.56. The fraction of sp³-hybridized carbons (Fsp3) is 0.583. The SMILES string of the molecule is CCCCC(C)Nc1cc(C(F)(F)F)cc(N)n1. The van der Waals surface area contributed by atoms with Crippen molar-refractivity contribution in [2.24, 2.45) is 0 Å². The van der Waals surface area contributed by atoms with Crippen LogP contribution < -0.4 is 11.1 Å². The quantitative estimate of drug-likeness (QED) is 0.850. The molecule has 0 radical (unpaired) electrons. The Morgan fingerprint density at radius 3 is 2.61 bits per heavy atom. The zero-order chi connectivity index (χ0) is 13.8. The molecule has 0 saturated heterocycles. The third-order valence-electron chi connectivity index (χ3n) is 2.56. The zero-order valence-corrected chi connectivity index (χ0v) is 10.5. The second kappa shape index (κ2) is 5.93. The van der Waals surface area contributed by atoms with Crippen molar-refractivity contribution in [1.82, 2.24) is 4.98 Å². The minimum absolute atomic E-state index is 0.0698. The number of aromatic nitrogens is 1. The van der Waals surface area contributed by atoms with Crippen molar-refractivity contribution in [1.29, 1.82) is 0 Å². The molecule has 3 N–H and O–H groups in total. The fourth-order valence-electron chi connectivity index (χ4n) is 1.62. The molecule has 3 nitrogen and oxygen atoms in total. The molecule has 0 bridgehead atoms. The van der Waals surface area contributed by atoms with Crippen molar-refractivity contribution in [2.75, 3.05) is 11.1 Å². The number of nitrogen functional groups attached to an aromatic ring is 1. The summed E-state index contributed by atoms with van der Waals surface area (Å²) in [6.07, 6.45) is -1.46. The smallest absolute Gasteiger partial charge is 0.384 e. The Bertz CT molecular complexity index is 391. The summed E-state index contributed by atoms with van der Waals surface area (Å²) in [7, 11) is 0. The largest absolute Gasteiger partial charge is 0.416 e. The first-order chi connectivity index (χ1) is 8.32. The Kier molecular flexibility index (Phi) is 4.81. The van der Waals surface area contributed by atoms with E-state index in [-0.39, 0.29) is 17.7 Å². The van der Waals surface area contributed by atoms with Crippen LogP contribution in [-0.4, -0.2) is 11.0 Å². The zero-order valence-electron chi connectivity index (χ0n) is 10.5. The summed E-state index contributed by atoms with van der Waals surface area (Å²) in [6, 6.07) is 1.89. The topological polar surface area (TPSA) is 50.9 Å². The van der Waals surface area contributed by atoms with Crippen LogP contribution in [-0.2, 0) is 6.18 Å². The maximum atomic E-state index is 12.6. The first-order valence-electron chi connectivity index (χ1n) is 5.94. The highest BCUT2D eigenvalue weighted by Gasteiger charge is 2.31. The molecule has 0 aliphatic carbocycles. The van der Waals surface area contributed by atoms with Gasteiger partial charge in [0.25, 0.3) is 0 Å². The summed E-state index contributed by atoms with van der Waals surface area (Å²) in [6.45, 7) is 3.97. The molecule has 1 aromatic rings. The normalized spacial score (nSPS) is 13.4. The summed E-state index contributed by atoms with van der Waals surface area (Å²) in [5.41, 5.74) is 4.60. The van der Waals surface area contributed by atoms with Gasteiger partial charge < -0.3 is 11.1 Å². The maximum absolute atomic E-state index is 12.6. The molecule has 0 saturated carbocycles. The fourth-order valence-corrected chi connectivity index (χ4v) is 1.62. The molecule has 1 heterocycles. The van der Waals surface area contributed by atoms with E-state index in [9.17, 15) is 13.2 Å². The van der Waals surface area contributed by atoms with Crippen LogP contribution >= 0.6 is 0 Å². The number of nitrogens with one attached hydrogen (secondary N) is 1. The molecule has 102 valence electrons. The van der Waals surface area contributed by atoms with Gasteiger partial charge in [0.15, 0.2) is 0 Å². The Balaban J connectivity index is 2.80. The molecule has 1 unspecified atom stereocenters. The summed E-state index contributed by atoms with van der Waals surface area (Å²) in [4.78, 5) is 3.86. The molecule has 0 aliphatic heterocycles. The van der Waals surface area contributed by atoms with Crippen LogP contribution in [0.5, 0.6) is 0 Å². The number of nitrogens with two attached hydrogens (primary N) is 1. The number of hydrogen-bond acceptors (Lipinski definition) is 3. The van der Waals surface area contributed by atoms with Crippen LogP contribution in [0.1, 0.15) is 38.7 Å². The molecular formula is C12H18F3N3. The number of alkyl halides is 3. The molecule has 0 amide bonds. The monoisotopic (exact) mass is 261 g/mol. The van der Waals surface area contributed by atoms with Crippen molar-refractivity contribution < 1.29 is 13.2 Å². The van der Waals surface area contributed by atoms with Gasteiger partial charge in [0.2, 0.25) is 0 Å².